The van der Waals surface area contributed by atoms with Crippen LogP contribution < -0.4 is 5.73 Å². The number of aryl methyl sites for hydroxylation is 1. The summed E-state index contributed by atoms with van der Waals surface area (Å²) in [6, 6.07) is 5.05. The lowest BCUT2D eigenvalue weighted by molar-refractivity contribution is 0.220. The van der Waals surface area contributed by atoms with Gasteiger partial charge in [-0.3, -0.25) is 0 Å². The molecule has 0 amide bonds. The first-order chi connectivity index (χ1) is 6.66. The number of rotatable bonds is 1. The molecule has 0 bridgehead atoms. The topological polar surface area (TPSA) is 47.6 Å². The highest BCUT2D eigenvalue weighted by molar-refractivity contribution is 5.73. The standard InChI is InChI=1S/C10H11FN2O/c1-6-2-3-8(11)7(4-6)9-5-13-10(12)14-9/h2-4,9H,5H2,1H3,(H2,12,13). The van der Waals surface area contributed by atoms with E-state index in [0.29, 0.717) is 12.1 Å². The normalized spacial score (nSPS) is 20.4. The van der Waals surface area contributed by atoms with E-state index in [-0.39, 0.29) is 17.9 Å². The van der Waals surface area contributed by atoms with Crippen LogP contribution in [0.3, 0.4) is 0 Å². The Balaban J connectivity index is 2.28. The van der Waals surface area contributed by atoms with E-state index in [1.54, 1.807) is 12.1 Å². The molecule has 4 heteroatoms. The molecule has 1 atom stereocenters. The van der Waals surface area contributed by atoms with Gasteiger partial charge in [0, 0.05) is 5.56 Å². The summed E-state index contributed by atoms with van der Waals surface area (Å²) in [5.41, 5.74) is 6.87. The Kier molecular flexibility index (Phi) is 2.11. The summed E-state index contributed by atoms with van der Waals surface area (Å²) < 4.78 is 18.5. The second-order valence-electron chi connectivity index (χ2n) is 3.31. The average Bonchev–Trinajstić information content (AvgIpc) is 2.56. The summed E-state index contributed by atoms with van der Waals surface area (Å²) >= 11 is 0. The van der Waals surface area contributed by atoms with E-state index in [4.69, 9.17) is 10.5 Å². The maximum absolute atomic E-state index is 13.4. The van der Waals surface area contributed by atoms with Gasteiger partial charge < -0.3 is 10.5 Å². The molecule has 0 fully saturated rings. The molecule has 1 aromatic rings. The minimum atomic E-state index is -0.366. The molecule has 1 unspecified atom stereocenters. The number of amidine groups is 1. The monoisotopic (exact) mass is 194 g/mol. The maximum atomic E-state index is 13.4. The molecule has 1 heterocycles. The summed E-state index contributed by atoms with van der Waals surface area (Å²) in [6.45, 7) is 2.30. The van der Waals surface area contributed by atoms with Crippen molar-refractivity contribution in [3.05, 3.63) is 35.1 Å². The lowest BCUT2D eigenvalue weighted by Gasteiger charge is -2.11. The molecule has 0 saturated carbocycles. The SMILES string of the molecule is Cc1ccc(F)c(C2CN=C(N)O2)c1. The first-order valence-corrected chi connectivity index (χ1v) is 4.39. The Morgan fingerprint density at radius 1 is 1.57 bits per heavy atom. The Hall–Kier alpha value is -1.58. The van der Waals surface area contributed by atoms with E-state index >= 15 is 0 Å². The van der Waals surface area contributed by atoms with Gasteiger partial charge in [0.15, 0.2) is 0 Å². The lowest BCUT2D eigenvalue weighted by Crippen LogP contribution is -2.13. The highest BCUT2D eigenvalue weighted by Gasteiger charge is 2.22. The van der Waals surface area contributed by atoms with Crippen molar-refractivity contribution in [1.82, 2.24) is 0 Å². The van der Waals surface area contributed by atoms with Crippen molar-refractivity contribution < 1.29 is 9.13 Å². The Labute approximate surface area is 81.4 Å². The molecule has 0 aromatic heterocycles. The number of aliphatic imine (C=N–C) groups is 1. The molecule has 1 aliphatic rings. The smallest absolute Gasteiger partial charge is 0.282 e. The van der Waals surface area contributed by atoms with Crippen molar-refractivity contribution in [2.24, 2.45) is 10.7 Å². The summed E-state index contributed by atoms with van der Waals surface area (Å²) in [5.74, 6) is -0.273. The number of nitrogens with two attached hydrogens (primary N) is 1. The van der Waals surface area contributed by atoms with Gasteiger partial charge in [0.25, 0.3) is 6.02 Å². The zero-order valence-corrected chi connectivity index (χ0v) is 7.83. The maximum Gasteiger partial charge on any atom is 0.282 e. The van der Waals surface area contributed by atoms with Gasteiger partial charge in [-0.15, -0.1) is 0 Å². The summed E-state index contributed by atoms with van der Waals surface area (Å²) in [6.07, 6.45) is -0.366. The zero-order valence-electron chi connectivity index (χ0n) is 7.83. The molecule has 0 saturated heterocycles. The number of hydrogen-bond acceptors (Lipinski definition) is 3. The highest BCUT2D eigenvalue weighted by Crippen LogP contribution is 2.25. The second-order valence-corrected chi connectivity index (χ2v) is 3.31. The molecule has 2 N–H and O–H groups in total. The van der Waals surface area contributed by atoms with Crippen molar-refractivity contribution in [3.63, 3.8) is 0 Å². The number of hydrogen-bond donors (Lipinski definition) is 1. The van der Waals surface area contributed by atoms with Gasteiger partial charge in [0.1, 0.15) is 11.9 Å². The predicted molar refractivity (Wildman–Crippen MR) is 51.5 cm³/mol. The number of ether oxygens (including phenoxy) is 1. The Morgan fingerprint density at radius 3 is 3.00 bits per heavy atom. The third-order valence-corrected chi connectivity index (χ3v) is 2.17. The van der Waals surface area contributed by atoms with E-state index in [0.717, 1.165) is 5.56 Å². The molecule has 1 aromatic carbocycles. The van der Waals surface area contributed by atoms with Crippen LogP contribution in [0.25, 0.3) is 0 Å². The molecule has 2 rings (SSSR count). The van der Waals surface area contributed by atoms with E-state index in [2.05, 4.69) is 4.99 Å². The van der Waals surface area contributed by atoms with Gasteiger partial charge in [-0.05, 0) is 19.1 Å². The van der Waals surface area contributed by atoms with Crippen molar-refractivity contribution in [2.45, 2.75) is 13.0 Å². The van der Waals surface area contributed by atoms with Gasteiger partial charge >= 0.3 is 0 Å². The quantitative estimate of drug-likeness (QED) is 0.736. The van der Waals surface area contributed by atoms with Gasteiger partial charge in [-0.25, -0.2) is 9.38 Å². The average molecular weight is 194 g/mol. The van der Waals surface area contributed by atoms with E-state index < -0.39 is 0 Å². The van der Waals surface area contributed by atoms with Gasteiger partial charge in [-0.1, -0.05) is 11.6 Å². The third kappa shape index (κ3) is 1.55. The van der Waals surface area contributed by atoms with Crippen molar-refractivity contribution in [2.75, 3.05) is 6.54 Å². The van der Waals surface area contributed by atoms with Crippen LogP contribution in [-0.4, -0.2) is 12.6 Å². The summed E-state index contributed by atoms with van der Waals surface area (Å²) in [5, 5.41) is 0. The van der Waals surface area contributed by atoms with Crippen LogP contribution in [0.15, 0.2) is 23.2 Å². The van der Waals surface area contributed by atoms with Crippen LogP contribution in [-0.2, 0) is 4.74 Å². The molecular formula is C10H11FN2O. The molecule has 0 radical (unpaired) electrons. The van der Waals surface area contributed by atoms with Crippen LogP contribution in [0.5, 0.6) is 0 Å². The van der Waals surface area contributed by atoms with E-state index in [1.165, 1.54) is 6.07 Å². The third-order valence-electron chi connectivity index (χ3n) is 2.17. The minimum absolute atomic E-state index is 0.135. The number of benzene rings is 1. The lowest BCUT2D eigenvalue weighted by atomic mass is 10.1. The van der Waals surface area contributed by atoms with Gasteiger partial charge in [-0.2, -0.15) is 0 Å². The van der Waals surface area contributed by atoms with Crippen LogP contribution in [0.4, 0.5) is 4.39 Å². The molecular weight excluding hydrogens is 183 g/mol. The van der Waals surface area contributed by atoms with Crippen molar-refractivity contribution in [3.8, 4) is 0 Å². The first kappa shape index (κ1) is 8.99. The van der Waals surface area contributed by atoms with E-state index in [9.17, 15) is 4.39 Å². The summed E-state index contributed by atoms with van der Waals surface area (Å²) in [7, 11) is 0. The number of halogens is 1. The Morgan fingerprint density at radius 2 is 2.36 bits per heavy atom. The minimum Gasteiger partial charge on any atom is -0.455 e. The predicted octanol–water partition coefficient (Wildman–Crippen LogP) is 1.52. The van der Waals surface area contributed by atoms with Crippen LogP contribution in [0.2, 0.25) is 0 Å². The second kappa shape index (κ2) is 3.29. The fraction of sp³-hybridized carbons (Fsp3) is 0.300. The van der Waals surface area contributed by atoms with Gasteiger partial charge in [0.05, 0.1) is 6.54 Å². The van der Waals surface area contributed by atoms with Crippen LogP contribution in [0.1, 0.15) is 17.2 Å². The zero-order chi connectivity index (χ0) is 10.1. The number of nitrogens with zero attached hydrogens (tertiary/aromatic N) is 1. The largest absolute Gasteiger partial charge is 0.455 e. The molecule has 0 spiro atoms. The van der Waals surface area contributed by atoms with Crippen LogP contribution >= 0.6 is 0 Å². The first-order valence-electron chi connectivity index (χ1n) is 4.39. The molecule has 14 heavy (non-hydrogen) atoms. The van der Waals surface area contributed by atoms with Gasteiger partial charge in [0.2, 0.25) is 0 Å². The molecule has 0 aliphatic carbocycles. The summed E-state index contributed by atoms with van der Waals surface area (Å²) in [4.78, 5) is 3.87. The molecule has 74 valence electrons. The fourth-order valence-electron chi connectivity index (χ4n) is 1.46. The van der Waals surface area contributed by atoms with Crippen molar-refractivity contribution >= 4 is 6.02 Å². The van der Waals surface area contributed by atoms with Crippen molar-refractivity contribution in [1.29, 1.82) is 0 Å². The molecule has 3 nitrogen and oxygen atoms in total. The van der Waals surface area contributed by atoms with E-state index in [1.807, 2.05) is 6.92 Å². The van der Waals surface area contributed by atoms with Crippen LogP contribution in [0, 0.1) is 12.7 Å². The fourth-order valence-corrected chi connectivity index (χ4v) is 1.46. The molecule has 1 aliphatic heterocycles. The Bertz CT molecular complexity index is 390. The highest BCUT2D eigenvalue weighted by atomic mass is 19.1.